The van der Waals surface area contributed by atoms with Gasteiger partial charge in [-0.2, -0.15) is 0 Å². The van der Waals surface area contributed by atoms with Gasteiger partial charge in [-0.15, -0.1) is 0 Å². The van der Waals surface area contributed by atoms with Gasteiger partial charge in [-0.25, -0.2) is 0 Å². The second-order valence-electron chi connectivity index (χ2n) is 5.31. The van der Waals surface area contributed by atoms with E-state index in [-0.39, 0.29) is 11.9 Å². The summed E-state index contributed by atoms with van der Waals surface area (Å²) in [5.74, 6) is 0.741. The van der Waals surface area contributed by atoms with Gasteiger partial charge in [-0.3, -0.25) is 4.79 Å². The SMILES string of the molecule is CC1CCN(C(=O)[C@@H](N)CCc2ccccc2)C1. The lowest BCUT2D eigenvalue weighted by atomic mass is 10.1. The Balaban J connectivity index is 1.81. The largest absolute Gasteiger partial charge is 0.341 e. The fourth-order valence-electron chi connectivity index (χ4n) is 2.46. The Morgan fingerprint density at radius 1 is 1.44 bits per heavy atom. The number of nitrogens with zero attached hydrogens (tertiary/aromatic N) is 1. The number of likely N-dealkylation sites (tertiary alicyclic amines) is 1. The van der Waals surface area contributed by atoms with Gasteiger partial charge in [0.05, 0.1) is 6.04 Å². The van der Waals surface area contributed by atoms with E-state index < -0.39 is 0 Å². The summed E-state index contributed by atoms with van der Waals surface area (Å²) < 4.78 is 0. The number of benzene rings is 1. The van der Waals surface area contributed by atoms with Crippen molar-refractivity contribution in [3.05, 3.63) is 35.9 Å². The summed E-state index contributed by atoms with van der Waals surface area (Å²) in [5, 5.41) is 0. The molecule has 1 fully saturated rings. The maximum atomic E-state index is 12.1. The molecule has 1 amide bonds. The first kappa shape index (κ1) is 13.1. The number of aryl methyl sites for hydroxylation is 1. The molecular formula is C15H22N2O. The van der Waals surface area contributed by atoms with Gasteiger partial charge in [0.25, 0.3) is 0 Å². The quantitative estimate of drug-likeness (QED) is 0.880. The van der Waals surface area contributed by atoms with Crippen LogP contribution < -0.4 is 5.73 Å². The highest BCUT2D eigenvalue weighted by molar-refractivity contribution is 5.81. The maximum Gasteiger partial charge on any atom is 0.239 e. The van der Waals surface area contributed by atoms with Gasteiger partial charge in [-0.1, -0.05) is 37.3 Å². The first-order chi connectivity index (χ1) is 8.66. The van der Waals surface area contributed by atoms with Crippen LogP contribution in [0.25, 0.3) is 0 Å². The number of carbonyl (C=O) groups is 1. The van der Waals surface area contributed by atoms with E-state index in [1.54, 1.807) is 0 Å². The van der Waals surface area contributed by atoms with Crippen LogP contribution in [-0.4, -0.2) is 29.9 Å². The molecule has 0 aromatic heterocycles. The van der Waals surface area contributed by atoms with Gasteiger partial charge < -0.3 is 10.6 Å². The molecule has 0 bridgehead atoms. The highest BCUT2D eigenvalue weighted by Crippen LogP contribution is 2.16. The zero-order valence-corrected chi connectivity index (χ0v) is 11.0. The van der Waals surface area contributed by atoms with Crippen LogP contribution in [0.15, 0.2) is 30.3 Å². The van der Waals surface area contributed by atoms with Crippen molar-refractivity contribution in [3.63, 3.8) is 0 Å². The molecule has 98 valence electrons. The van der Waals surface area contributed by atoms with E-state index in [4.69, 9.17) is 5.73 Å². The van der Waals surface area contributed by atoms with Crippen molar-refractivity contribution in [2.24, 2.45) is 11.7 Å². The third-order valence-electron chi connectivity index (χ3n) is 3.64. The molecule has 0 aliphatic carbocycles. The van der Waals surface area contributed by atoms with Gasteiger partial charge in [0.15, 0.2) is 0 Å². The predicted molar refractivity (Wildman–Crippen MR) is 73.1 cm³/mol. The number of nitrogens with two attached hydrogens (primary N) is 1. The van der Waals surface area contributed by atoms with Crippen LogP contribution in [0.3, 0.4) is 0 Å². The lowest BCUT2D eigenvalue weighted by molar-refractivity contribution is -0.131. The third-order valence-corrected chi connectivity index (χ3v) is 3.64. The van der Waals surface area contributed by atoms with Crippen molar-refractivity contribution in [3.8, 4) is 0 Å². The van der Waals surface area contributed by atoms with E-state index in [2.05, 4.69) is 19.1 Å². The molecule has 2 atom stereocenters. The molecule has 1 aromatic carbocycles. The molecule has 1 saturated heterocycles. The molecule has 1 unspecified atom stereocenters. The lowest BCUT2D eigenvalue weighted by Crippen LogP contribution is -2.42. The number of rotatable bonds is 4. The molecule has 2 rings (SSSR count). The van der Waals surface area contributed by atoms with E-state index in [0.29, 0.717) is 5.92 Å². The maximum absolute atomic E-state index is 12.1. The highest BCUT2D eigenvalue weighted by atomic mass is 16.2. The Kier molecular flexibility index (Phi) is 4.37. The fourth-order valence-corrected chi connectivity index (χ4v) is 2.46. The average molecular weight is 246 g/mol. The number of hydrogen-bond donors (Lipinski definition) is 1. The number of amides is 1. The molecule has 0 saturated carbocycles. The summed E-state index contributed by atoms with van der Waals surface area (Å²) in [5.41, 5.74) is 7.24. The van der Waals surface area contributed by atoms with Gasteiger partial charge in [0.1, 0.15) is 0 Å². The molecule has 18 heavy (non-hydrogen) atoms. The fraction of sp³-hybridized carbons (Fsp3) is 0.533. The first-order valence-electron chi connectivity index (χ1n) is 6.75. The van der Waals surface area contributed by atoms with Crippen LogP contribution in [0.5, 0.6) is 0 Å². The zero-order valence-electron chi connectivity index (χ0n) is 11.0. The molecule has 3 nitrogen and oxygen atoms in total. The van der Waals surface area contributed by atoms with Crippen molar-refractivity contribution in [2.75, 3.05) is 13.1 Å². The Morgan fingerprint density at radius 2 is 2.17 bits per heavy atom. The number of hydrogen-bond acceptors (Lipinski definition) is 2. The second-order valence-corrected chi connectivity index (χ2v) is 5.31. The normalized spacial score (nSPS) is 21.0. The monoisotopic (exact) mass is 246 g/mol. The molecule has 1 aliphatic rings. The average Bonchev–Trinajstić information content (AvgIpc) is 2.83. The minimum absolute atomic E-state index is 0.121. The Bertz CT molecular complexity index is 391. The molecule has 0 radical (unpaired) electrons. The van der Waals surface area contributed by atoms with Gasteiger partial charge in [0, 0.05) is 13.1 Å². The van der Waals surface area contributed by atoms with Crippen molar-refractivity contribution in [2.45, 2.75) is 32.2 Å². The van der Waals surface area contributed by atoms with Crippen molar-refractivity contribution < 1.29 is 4.79 Å². The van der Waals surface area contributed by atoms with Gasteiger partial charge >= 0.3 is 0 Å². The predicted octanol–water partition coefficient (Wildman–Crippen LogP) is 1.81. The molecule has 1 aliphatic heterocycles. The molecule has 3 heteroatoms. The topological polar surface area (TPSA) is 46.3 Å². The smallest absolute Gasteiger partial charge is 0.239 e. The summed E-state index contributed by atoms with van der Waals surface area (Å²) in [4.78, 5) is 14.0. The Morgan fingerprint density at radius 3 is 2.78 bits per heavy atom. The van der Waals surface area contributed by atoms with E-state index in [9.17, 15) is 4.79 Å². The molecule has 0 spiro atoms. The van der Waals surface area contributed by atoms with Crippen molar-refractivity contribution in [1.29, 1.82) is 0 Å². The van der Waals surface area contributed by atoms with E-state index in [1.807, 2.05) is 23.1 Å². The molecule has 2 N–H and O–H groups in total. The van der Waals surface area contributed by atoms with Crippen LogP contribution in [0, 0.1) is 5.92 Å². The molecule has 1 aromatic rings. The lowest BCUT2D eigenvalue weighted by Gasteiger charge is -2.20. The van der Waals surface area contributed by atoms with Crippen LogP contribution in [-0.2, 0) is 11.2 Å². The summed E-state index contributed by atoms with van der Waals surface area (Å²) >= 11 is 0. The van der Waals surface area contributed by atoms with E-state index >= 15 is 0 Å². The van der Waals surface area contributed by atoms with Crippen LogP contribution in [0.2, 0.25) is 0 Å². The van der Waals surface area contributed by atoms with Crippen LogP contribution in [0.1, 0.15) is 25.3 Å². The Labute approximate surface area is 109 Å². The van der Waals surface area contributed by atoms with Gasteiger partial charge in [0.2, 0.25) is 5.91 Å². The standard InChI is InChI=1S/C15H22N2O/c1-12-9-10-17(11-12)15(18)14(16)8-7-13-5-3-2-4-6-13/h2-6,12,14H,7-11,16H2,1H3/t12?,14-/m0/s1. The molecular weight excluding hydrogens is 224 g/mol. The summed E-state index contributed by atoms with van der Waals surface area (Å²) in [6, 6.07) is 9.84. The second kappa shape index (κ2) is 6.01. The summed E-state index contributed by atoms with van der Waals surface area (Å²) in [6.07, 6.45) is 2.71. The van der Waals surface area contributed by atoms with Crippen molar-refractivity contribution in [1.82, 2.24) is 4.90 Å². The zero-order chi connectivity index (χ0) is 13.0. The number of carbonyl (C=O) groups excluding carboxylic acids is 1. The highest BCUT2D eigenvalue weighted by Gasteiger charge is 2.26. The third kappa shape index (κ3) is 3.33. The minimum Gasteiger partial charge on any atom is -0.341 e. The van der Waals surface area contributed by atoms with Gasteiger partial charge in [-0.05, 0) is 30.7 Å². The van der Waals surface area contributed by atoms with E-state index in [0.717, 1.165) is 32.4 Å². The Hall–Kier alpha value is -1.35. The summed E-state index contributed by atoms with van der Waals surface area (Å²) in [7, 11) is 0. The first-order valence-corrected chi connectivity index (χ1v) is 6.75. The van der Waals surface area contributed by atoms with E-state index in [1.165, 1.54) is 5.56 Å². The van der Waals surface area contributed by atoms with Crippen LogP contribution >= 0.6 is 0 Å². The summed E-state index contributed by atoms with van der Waals surface area (Å²) in [6.45, 7) is 3.93. The van der Waals surface area contributed by atoms with Crippen molar-refractivity contribution >= 4 is 5.91 Å². The molecule has 1 heterocycles. The van der Waals surface area contributed by atoms with Crippen LogP contribution in [0.4, 0.5) is 0 Å². The minimum atomic E-state index is -0.351.